The maximum absolute atomic E-state index is 9.62. The van der Waals surface area contributed by atoms with Gasteiger partial charge in [-0.15, -0.1) is 0 Å². The van der Waals surface area contributed by atoms with Crippen molar-refractivity contribution in [2.75, 3.05) is 14.1 Å². The maximum atomic E-state index is 9.62. The molecule has 4 rings (SSSR count). The van der Waals surface area contributed by atoms with Crippen molar-refractivity contribution in [1.82, 2.24) is 15.0 Å². The molecular weight excluding hydrogens is 314 g/mol. The van der Waals surface area contributed by atoms with E-state index in [0.717, 1.165) is 24.1 Å². The molecule has 2 atom stereocenters. The second kappa shape index (κ2) is 6.33. The quantitative estimate of drug-likeness (QED) is 0.769. The van der Waals surface area contributed by atoms with E-state index in [1.54, 1.807) is 6.07 Å². The van der Waals surface area contributed by atoms with Crippen LogP contribution in [0.5, 0.6) is 5.75 Å². The summed E-state index contributed by atoms with van der Waals surface area (Å²) < 4.78 is 5.49. The summed E-state index contributed by atoms with van der Waals surface area (Å²) in [5.74, 6) is 2.21. The summed E-state index contributed by atoms with van der Waals surface area (Å²) in [5, 5.41) is 13.8. The van der Waals surface area contributed by atoms with E-state index in [1.807, 2.05) is 30.3 Å². The van der Waals surface area contributed by atoms with Crippen LogP contribution in [-0.4, -0.2) is 34.2 Å². The van der Waals surface area contributed by atoms with Gasteiger partial charge in [0.05, 0.1) is 0 Å². The fourth-order valence-corrected chi connectivity index (χ4v) is 3.22. The van der Waals surface area contributed by atoms with Crippen molar-refractivity contribution in [1.29, 1.82) is 0 Å². The van der Waals surface area contributed by atoms with Gasteiger partial charge >= 0.3 is 0 Å². The molecule has 5 heteroatoms. The molecule has 1 aliphatic rings. The zero-order chi connectivity index (χ0) is 17.4. The van der Waals surface area contributed by atoms with Crippen molar-refractivity contribution in [3.8, 4) is 17.1 Å². The first-order chi connectivity index (χ1) is 12.1. The van der Waals surface area contributed by atoms with Crippen molar-refractivity contribution in [3.05, 3.63) is 65.5 Å². The molecule has 0 radical (unpaired) electrons. The Hall–Kier alpha value is -2.66. The van der Waals surface area contributed by atoms with Crippen molar-refractivity contribution in [2.24, 2.45) is 0 Å². The molecular formula is C20H21N3O2. The minimum absolute atomic E-state index is 0.246. The van der Waals surface area contributed by atoms with Crippen LogP contribution in [0, 0.1) is 0 Å². The van der Waals surface area contributed by atoms with Crippen molar-refractivity contribution < 1.29 is 9.63 Å². The van der Waals surface area contributed by atoms with Crippen LogP contribution in [-0.2, 0) is 6.54 Å². The lowest BCUT2D eigenvalue weighted by atomic mass is 10.1. The van der Waals surface area contributed by atoms with Crippen LogP contribution in [0.4, 0.5) is 0 Å². The zero-order valence-corrected chi connectivity index (χ0v) is 14.4. The van der Waals surface area contributed by atoms with E-state index in [1.165, 1.54) is 5.56 Å². The van der Waals surface area contributed by atoms with Crippen LogP contribution < -0.4 is 0 Å². The molecule has 1 N–H and O–H groups in total. The lowest BCUT2D eigenvalue weighted by molar-refractivity contribution is 0.378. The summed E-state index contributed by atoms with van der Waals surface area (Å²) in [7, 11) is 4.11. The van der Waals surface area contributed by atoms with Gasteiger partial charge < -0.3 is 14.5 Å². The average molecular weight is 335 g/mol. The lowest BCUT2D eigenvalue weighted by Crippen LogP contribution is -2.10. The number of benzene rings is 2. The van der Waals surface area contributed by atoms with Gasteiger partial charge in [-0.25, -0.2) is 0 Å². The first-order valence-electron chi connectivity index (χ1n) is 8.47. The summed E-state index contributed by atoms with van der Waals surface area (Å²) in [6.07, 6.45) is 0.979. The van der Waals surface area contributed by atoms with Gasteiger partial charge in [0.2, 0.25) is 11.7 Å². The Bertz CT molecular complexity index is 871. The summed E-state index contributed by atoms with van der Waals surface area (Å²) in [6, 6.07) is 15.7. The van der Waals surface area contributed by atoms with Gasteiger partial charge in [-0.3, -0.25) is 0 Å². The third-order valence-corrected chi connectivity index (χ3v) is 4.56. The number of hydrogen-bond donors (Lipinski definition) is 1. The van der Waals surface area contributed by atoms with Crippen LogP contribution >= 0.6 is 0 Å². The normalized spacial score (nSPS) is 19.3. The van der Waals surface area contributed by atoms with Crippen LogP contribution in [0.1, 0.15) is 35.3 Å². The Kier molecular flexibility index (Phi) is 4.01. The van der Waals surface area contributed by atoms with Gasteiger partial charge in [0.25, 0.3) is 0 Å². The van der Waals surface area contributed by atoms with Gasteiger partial charge in [0.1, 0.15) is 5.75 Å². The van der Waals surface area contributed by atoms with E-state index in [2.05, 4.69) is 41.3 Å². The van der Waals surface area contributed by atoms with Gasteiger partial charge in [0, 0.05) is 18.0 Å². The molecule has 0 unspecified atom stereocenters. The Morgan fingerprint density at radius 3 is 2.64 bits per heavy atom. The van der Waals surface area contributed by atoms with E-state index in [-0.39, 0.29) is 5.92 Å². The van der Waals surface area contributed by atoms with Crippen LogP contribution in [0.25, 0.3) is 11.4 Å². The predicted octanol–water partition coefficient (Wildman–Crippen LogP) is 3.77. The Labute approximate surface area is 146 Å². The summed E-state index contributed by atoms with van der Waals surface area (Å²) in [6.45, 7) is 0.908. The number of nitrogens with zero attached hydrogens (tertiary/aromatic N) is 3. The topological polar surface area (TPSA) is 62.4 Å². The first kappa shape index (κ1) is 15.8. The molecule has 0 aliphatic heterocycles. The maximum Gasteiger partial charge on any atom is 0.230 e. The number of rotatable bonds is 5. The summed E-state index contributed by atoms with van der Waals surface area (Å²) in [5.41, 5.74) is 3.34. The molecule has 128 valence electrons. The van der Waals surface area contributed by atoms with Crippen LogP contribution in [0.3, 0.4) is 0 Å². The fourth-order valence-electron chi connectivity index (χ4n) is 3.22. The van der Waals surface area contributed by atoms with E-state index >= 15 is 0 Å². The zero-order valence-electron chi connectivity index (χ0n) is 14.4. The third-order valence-electron chi connectivity index (χ3n) is 4.56. The standard InChI is InChI=1S/C20H21N3O2/c1-23(2)12-13-6-8-14(9-7-13)19-21-20(25-22-19)18-11-17(18)15-4-3-5-16(24)10-15/h3-10,17-18,24H,11-12H2,1-2H3/t17-,18+/m0/s1. The number of hydrogen-bond acceptors (Lipinski definition) is 5. The van der Waals surface area contributed by atoms with Gasteiger partial charge in [-0.05, 0) is 49.7 Å². The number of phenolic OH excluding ortho intramolecular Hbond substituents is 1. The molecule has 0 amide bonds. The highest BCUT2D eigenvalue weighted by molar-refractivity contribution is 5.55. The van der Waals surface area contributed by atoms with Crippen LogP contribution in [0.2, 0.25) is 0 Å². The van der Waals surface area contributed by atoms with Crippen molar-refractivity contribution in [3.63, 3.8) is 0 Å². The fraction of sp³-hybridized carbons (Fsp3) is 0.300. The average Bonchev–Trinajstić information content (AvgIpc) is 3.24. The number of phenols is 1. The van der Waals surface area contributed by atoms with E-state index < -0.39 is 0 Å². The monoisotopic (exact) mass is 335 g/mol. The molecule has 1 aromatic heterocycles. The van der Waals surface area contributed by atoms with E-state index in [0.29, 0.717) is 23.4 Å². The Balaban J connectivity index is 1.48. The number of aromatic hydroxyl groups is 1. The van der Waals surface area contributed by atoms with Crippen LogP contribution in [0.15, 0.2) is 53.1 Å². The lowest BCUT2D eigenvalue weighted by Gasteiger charge is -2.09. The van der Waals surface area contributed by atoms with Gasteiger partial charge in [-0.2, -0.15) is 4.98 Å². The molecule has 3 aromatic rings. The molecule has 0 saturated heterocycles. The highest BCUT2D eigenvalue weighted by atomic mass is 16.5. The van der Waals surface area contributed by atoms with Crippen molar-refractivity contribution >= 4 is 0 Å². The second-order valence-corrected chi connectivity index (χ2v) is 6.93. The molecule has 5 nitrogen and oxygen atoms in total. The van der Waals surface area contributed by atoms with Gasteiger partial charge in [0.15, 0.2) is 0 Å². The second-order valence-electron chi connectivity index (χ2n) is 6.93. The molecule has 0 spiro atoms. The molecule has 1 saturated carbocycles. The van der Waals surface area contributed by atoms with Gasteiger partial charge in [-0.1, -0.05) is 41.6 Å². The molecule has 0 bridgehead atoms. The summed E-state index contributed by atoms with van der Waals surface area (Å²) >= 11 is 0. The Morgan fingerprint density at radius 1 is 1.12 bits per heavy atom. The smallest absolute Gasteiger partial charge is 0.230 e. The minimum atomic E-state index is 0.246. The highest BCUT2D eigenvalue weighted by Gasteiger charge is 2.43. The third kappa shape index (κ3) is 3.42. The molecule has 2 aromatic carbocycles. The molecule has 1 fully saturated rings. The highest BCUT2D eigenvalue weighted by Crippen LogP contribution is 2.54. The van der Waals surface area contributed by atoms with Crippen molar-refractivity contribution in [2.45, 2.75) is 24.8 Å². The molecule has 1 heterocycles. The molecule has 1 aliphatic carbocycles. The first-order valence-corrected chi connectivity index (χ1v) is 8.47. The van der Waals surface area contributed by atoms with E-state index in [4.69, 9.17) is 4.52 Å². The predicted molar refractivity (Wildman–Crippen MR) is 95.3 cm³/mol. The van der Waals surface area contributed by atoms with E-state index in [9.17, 15) is 5.11 Å². The largest absolute Gasteiger partial charge is 0.508 e. The Morgan fingerprint density at radius 2 is 1.92 bits per heavy atom. The minimum Gasteiger partial charge on any atom is -0.508 e. The number of aromatic nitrogens is 2. The SMILES string of the molecule is CN(C)Cc1ccc(-c2noc([C@@H]3C[C@H]3c3cccc(O)c3)n2)cc1. The summed E-state index contributed by atoms with van der Waals surface area (Å²) in [4.78, 5) is 6.72. The molecule has 25 heavy (non-hydrogen) atoms.